The number of hydrogen-bond acceptors (Lipinski definition) is 3. The van der Waals surface area contributed by atoms with Crippen LogP contribution in [0.5, 0.6) is 0 Å². The third kappa shape index (κ3) is 3.88. The highest BCUT2D eigenvalue weighted by Gasteiger charge is 2.36. The van der Waals surface area contributed by atoms with E-state index in [4.69, 9.17) is 0 Å². The molecule has 0 radical (unpaired) electrons. The Morgan fingerprint density at radius 2 is 1.76 bits per heavy atom. The highest BCUT2D eigenvalue weighted by molar-refractivity contribution is 7.92. The molecule has 29 heavy (non-hydrogen) atoms. The van der Waals surface area contributed by atoms with Crippen LogP contribution in [0, 0.1) is 5.82 Å². The number of benzene rings is 2. The zero-order chi connectivity index (χ0) is 20.6. The quantitative estimate of drug-likeness (QED) is 0.818. The normalized spacial score (nSPS) is 19.8. The van der Waals surface area contributed by atoms with Gasteiger partial charge in [0.15, 0.2) is 0 Å². The molecule has 4 rings (SSSR count). The lowest BCUT2D eigenvalue weighted by molar-refractivity contribution is 0.0927. The molecule has 1 saturated carbocycles. The molecule has 1 atom stereocenters. The van der Waals surface area contributed by atoms with Crippen molar-refractivity contribution < 1.29 is 17.6 Å². The molecule has 1 heterocycles. The molecule has 0 spiro atoms. The van der Waals surface area contributed by atoms with Crippen molar-refractivity contribution in [2.45, 2.75) is 62.4 Å². The van der Waals surface area contributed by atoms with Crippen LogP contribution in [-0.4, -0.2) is 26.4 Å². The first kappa shape index (κ1) is 19.9. The van der Waals surface area contributed by atoms with Gasteiger partial charge >= 0.3 is 0 Å². The van der Waals surface area contributed by atoms with Gasteiger partial charge in [0.25, 0.3) is 15.9 Å². The average Bonchev–Trinajstić information content (AvgIpc) is 3.04. The van der Waals surface area contributed by atoms with Crippen LogP contribution in [0.25, 0.3) is 0 Å². The molecule has 0 unspecified atom stereocenters. The van der Waals surface area contributed by atoms with E-state index in [1.807, 2.05) is 6.92 Å². The SMILES string of the molecule is C[C@@H]1Cc2cc(C(=O)NC3CCCCC3)ccc2N1S(=O)(=O)c1ccc(F)cc1. The third-order valence-corrected chi connectivity index (χ3v) is 7.75. The van der Waals surface area contributed by atoms with Crippen LogP contribution in [0.15, 0.2) is 47.4 Å². The summed E-state index contributed by atoms with van der Waals surface area (Å²) in [7, 11) is -3.81. The lowest BCUT2D eigenvalue weighted by atomic mass is 9.95. The van der Waals surface area contributed by atoms with Gasteiger partial charge in [-0.3, -0.25) is 9.10 Å². The molecular weight excluding hydrogens is 391 g/mol. The Balaban J connectivity index is 1.59. The Labute approximate surface area is 171 Å². The third-order valence-electron chi connectivity index (χ3n) is 5.81. The second kappa shape index (κ2) is 7.78. The van der Waals surface area contributed by atoms with Gasteiger partial charge in [0, 0.05) is 17.6 Å². The van der Waals surface area contributed by atoms with Gasteiger partial charge in [-0.2, -0.15) is 0 Å². The molecule has 1 N–H and O–H groups in total. The molecule has 1 aliphatic carbocycles. The Hall–Kier alpha value is -2.41. The lowest BCUT2D eigenvalue weighted by Crippen LogP contribution is -2.36. The molecule has 5 nitrogen and oxygen atoms in total. The average molecular weight is 417 g/mol. The van der Waals surface area contributed by atoms with Gasteiger partial charge in [0.2, 0.25) is 0 Å². The van der Waals surface area contributed by atoms with Crippen molar-refractivity contribution in [1.82, 2.24) is 5.32 Å². The molecule has 154 valence electrons. The topological polar surface area (TPSA) is 66.5 Å². The number of carbonyl (C=O) groups is 1. The summed E-state index contributed by atoms with van der Waals surface area (Å²) in [5.41, 5.74) is 1.97. The van der Waals surface area contributed by atoms with Crippen LogP contribution in [-0.2, 0) is 16.4 Å². The van der Waals surface area contributed by atoms with Crippen molar-refractivity contribution in [2.75, 3.05) is 4.31 Å². The van der Waals surface area contributed by atoms with Crippen molar-refractivity contribution in [1.29, 1.82) is 0 Å². The van der Waals surface area contributed by atoms with Gasteiger partial charge in [0.05, 0.1) is 10.6 Å². The first-order valence-corrected chi connectivity index (χ1v) is 11.5. The number of carbonyl (C=O) groups excluding carboxylic acids is 1. The van der Waals surface area contributed by atoms with E-state index in [9.17, 15) is 17.6 Å². The van der Waals surface area contributed by atoms with E-state index >= 15 is 0 Å². The summed E-state index contributed by atoms with van der Waals surface area (Å²) >= 11 is 0. The lowest BCUT2D eigenvalue weighted by Gasteiger charge is -2.25. The fourth-order valence-electron chi connectivity index (χ4n) is 4.35. The molecule has 0 bridgehead atoms. The smallest absolute Gasteiger partial charge is 0.264 e. The predicted octanol–water partition coefficient (Wildman–Crippen LogP) is 4.03. The van der Waals surface area contributed by atoms with Crippen molar-refractivity contribution in [3.63, 3.8) is 0 Å². The summed E-state index contributed by atoms with van der Waals surface area (Å²) in [5.74, 6) is -0.584. The van der Waals surface area contributed by atoms with Crippen LogP contribution < -0.4 is 9.62 Å². The number of fused-ring (bicyclic) bond motifs is 1. The number of nitrogens with zero attached hydrogens (tertiary/aromatic N) is 1. The number of nitrogens with one attached hydrogen (secondary N) is 1. The molecule has 2 aromatic rings. The highest BCUT2D eigenvalue weighted by Crippen LogP contribution is 2.37. The highest BCUT2D eigenvalue weighted by atomic mass is 32.2. The van der Waals surface area contributed by atoms with Crippen LogP contribution in [0.3, 0.4) is 0 Å². The fourth-order valence-corrected chi connectivity index (χ4v) is 6.04. The summed E-state index contributed by atoms with van der Waals surface area (Å²) in [6, 6.07) is 9.97. The van der Waals surface area contributed by atoms with Crippen LogP contribution >= 0.6 is 0 Å². The number of amides is 1. The minimum absolute atomic E-state index is 0.0534. The Morgan fingerprint density at radius 3 is 2.45 bits per heavy atom. The molecule has 0 saturated heterocycles. The minimum Gasteiger partial charge on any atom is -0.349 e. The number of hydrogen-bond donors (Lipinski definition) is 1. The summed E-state index contributed by atoms with van der Waals surface area (Å²) in [6.45, 7) is 1.84. The molecule has 1 aliphatic heterocycles. The Kier molecular flexibility index (Phi) is 5.34. The monoisotopic (exact) mass is 416 g/mol. The van der Waals surface area contributed by atoms with Gasteiger partial charge < -0.3 is 5.32 Å². The molecule has 1 amide bonds. The summed E-state index contributed by atoms with van der Waals surface area (Å²) in [5, 5.41) is 3.10. The number of rotatable bonds is 4. The number of halogens is 1. The van der Waals surface area contributed by atoms with Crippen molar-refractivity contribution >= 4 is 21.6 Å². The maximum absolute atomic E-state index is 13.2. The van der Waals surface area contributed by atoms with E-state index < -0.39 is 15.8 Å². The van der Waals surface area contributed by atoms with E-state index in [-0.39, 0.29) is 22.9 Å². The molecule has 2 aromatic carbocycles. The Bertz CT molecular complexity index is 1010. The van der Waals surface area contributed by atoms with Gasteiger partial charge in [-0.15, -0.1) is 0 Å². The van der Waals surface area contributed by atoms with Gasteiger partial charge in [-0.25, -0.2) is 12.8 Å². The summed E-state index contributed by atoms with van der Waals surface area (Å²) < 4.78 is 40.8. The number of anilines is 1. The van der Waals surface area contributed by atoms with E-state index in [0.29, 0.717) is 17.7 Å². The maximum atomic E-state index is 13.2. The van der Waals surface area contributed by atoms with E-state index in [1.165, 1.54) is 22.9 Å². The Morgan fingerprint density at radius 1 is 1.07 bits per heavy atom. The van der Waals surface area contributed by atoms with E-state index in [1.54, 1.807) is 18.2 Å². The molecule has 0 aromatic heterocycles. The second-order valence-corrected chi connectivity index (χ2v) is 9.77. The molecular formula is C22H25FN2O3S. The standard InChI is InChI=1S/C22H25FN2O3S/c1-15-13-17-14-16(22(26)24-19-5-3-2-4-6-19)7-12-21(17)25(15)29(27,28)20-10-8-18(23)9-11-20/h7-12,14-15,19H,2-6,13H2,1H3,(H,24,26)/t15-/m1/s1. The van der Waals surface area contributed by atoms with Crippen molar-refractivity contribution in [2.24, 2.45) is 0 Å². The summed E-state index contributed by atoms with van der Waals surface area (Å²) in [4.78, 5) is 12.7. The number of sulfonamides is 1. The maximum Gasteiger partial charge on any atom is 0.264 e. The predicted molar refractivity (Wildman–Crippen MR) is 110 cm³/mol. The van der Waals surface area contributed by atoms with Crippen molar-refractivity contribution in [3.8, 4) is 0 Å². The van der Waals surface area contributed by atoms with Crippen LogP contribution in [0.1, 0.15) is 54.9 Å². The zero-order valence-electron chi connectivity index (χ0n) is 16.4. The minimum atomic E-state index is -3.81. The van der Waals surface area contributed by atoms with Gasteiger partial charge in [-0.1, -0.05) is 19.3 Å². The van der Waals surface area contributed by atoms with Crippen LogP contribution in [0.4, 0.5) is 10.1 Å². The zero-order valence-corrected chi connectivity index (χ0v) is 17.2. The molecule has 7 heteroatoms. The molecule has 1 fully saturated rings. The van der Waals surface area contributed by atoms with Crippen LogP contribution in [0.2, 0.25) is 0 Å². The van der Waals surface area contributed by atoms with Gasteiger partial charge in [-0.05, 0) is 74.2 Å². The first-order chi connectivity index (χ1) is 13.9. The fraction of sp³-hybridized carbons (Fsp3) is 0.409. The van der Waals surface area contributed by atoms with Crippen molar-refractivity contribution in [3.05, 3.63) is 59.4 Å². The second-order valence-electron chi connectivity index (χ2n) is 7.96. The molecule has 2 aliphatic rings. The van der Waals surface area contributed by atoms with E-state index in [0.717, 1.165) is 43.4 Å². The van der Waals surface area contributed by atoms with Gasteiger partial charge in [0.1, 0.15) is 5.82 Å². The summed E-state index contributed by atoms with van der Waals surface area (Å²) in [6.07, 6.45) is 6.06. The largest absolute Gasteiger partial charge is 0.349 e. The van der Waals surface area contributed by atoms with E-state index in [2.05, 4.69) is 5.32 Å². The first-order valence-electron chi connectivity index (χ1n) is 10.1.